The van der Waals surface area contributed by atoms with Crippen molar-refractivity contribution in [2.24, 2.45) is 11.8 Å². The summed E-state index contributed by atoms with van der Waals surface area (Å²) in [6.07, 6.45) is 1.24. The van der Waals surface area contributed by atoms with E-state index in [1.807, 2.05) is 0 Å². The second kappa shape index (κ2) is 4.57. The monoisotopic (exact) mass is 262 g/mol. The zero-order chi connectivity index (χ0) is 13.4. The highest BCUT2D eigenvalue weighted by Crippen LogP contribution is 2.42. The quantitative estimate of drug-likeness (QED) is 0.840. The topological polar surface area (TPSA) is 72.8 Å². The number of benzene rings is 1. The molecule has 100 valence electrons. The molecule has 1 aliphatic heterocycles. The summed E-state index contributed by atoms with van der Waals surface area (Å²) in [5.41, 5.74) is 0.498. The Morgan fingerprint density at radius 2 is 1.84 bits per heavy atom. The molecule has 3 rings (SSSR count). The van der Waals surface area contributed by atoms with Crippen molar-refractivity contribution in [2.45, 2.75) is 12.8 Å². The third-order valence-electron chi connectivity index (χ3n) is 3.48. The molecule has 1 fully saturated rings. The average Bonchev–Trinajstić information content (AvgIpc) is 3.20. The van der Waals surface area contributed by atoms with Crippen LogP contribution in [0.1, 0.15) is 23.2 Å². The van der Waals surface area contributed by atoms with Gasteiger partial charge in [0.05, 0.1) is 19.1 Å². The van der Waals surface area contributed by atoms with Gasteiger partial charge < -0.3 is 14.6 Å². The van der Waals surface area contributed by atoms with Crippen molar-refractivity contribution < 1.29 is 24.2 Å². The number of hydrogen-bond acceptors (Lipinski definition) is 4. The highest BCUT2D eigenvalue weighted by atomic mass is 16.5. The van der Waals surface area contributed by atoms with Gasteiger partial charge >= 0.3 is 5.97 Å². The van der Waals surface area contributed by atoms with E-state index in [4.69, 9.17) is 14.6 Å². The van der Waals surface area contributed by atoms with Crippen molar-refractivity contribution in [3.8, 4) is 11.5 Å². The first-order valence-electron chi connectivity index (χ1n) is 6.33. The first kappa shape index (κ1) is 12.0. The SMILES string of the molecule is O=C(O)C1CC1C(=O)c1ccc2c(c1)OCCCO2. The molecule has 0 radical (unpaired) electrons. The van der Waals surface area contributed by atoms with Crippen LogP contribution in [0.4, 0.5) is 0 Å². The second-order valence-electron chi connectivity index (χ2n) is 4.86. The molecular formula is C14H14O5. The lowest BCUT2D eigenvalue weighted by molar-refractivity contribution is -0.138. The highest BCUT2D eigenvalue weighted by Gasteiger charge is 2.48. The van der Waals surface area contributed by atoms with Crippen molar-refractivity contribution in [1.29, 1.82) is 0 Å². The molecule has 5 nitrogen and oxygen atoms in total. The standard InChI is InChI=1S/C14H14O5/c15-13(9-7-10(9)14(16)17)8-2-3-11-12(6-8)19-5-1-4-18-11/h2-3,6,9-10H,1,4-5,7H2,(H,16,17). The van der Waals surface area contributed by atoms with Gasteiger partial charge in [0, 0.05) is 17.9 Å². The van der Waals surface area contributed by atoms with E-state index in [1.54, 1.807) is 18.2 Å². The maximum Gasteiger partial charge on any atom is 0.307 e. The maximum atomic E-state index is 12.1. The molecule has 1 aliphatic carbocycles. The molecule has 0 amide bonds. The van der Waals surface area contributed by atoms with E-state index in [9.17, 15) is 9.59 Å². The molecule has 2 aliphatic rings. The van der Waals surface area contributed by atoms with Crippen LogP contribution in [0.15, 0.2) is 18.2 Å². The van der Waals surface area contributed by atoms with Crippen LogP contribution in [0.3, 0.4) is 0 Å². The number of aliphatic carboxylic acids is 1. The normalized spacial score (nSPS) is 24.4. The van der Waals surface area contributed by atoms with Crippen LogP contribution in [0.25, 0.3) is 0 Å². The van der Waals surface area contributed by atoms with Crippen LogP contribution in [0.2, 0.25) is 0 Å². The smallest absolute Gasteiger partial charge is 0.307 e. The van der Waals surface area contributed by atoms with Gasteiger partial charge in [-0.1, -0.05) is 0 Å². The van der Waals surface area contributed by atoms with Gasteiger partial charge in [-0.05, 0) is 24.6 Å². The van der Waals surface area contributed by atoms with E-state index in [-0.39, 0.29) is 11.7 Å². The number of carbonyl (C=O) groups excluding carboxylic acids is 1. The maximum absolute atomic E-state index is 12.1. The minimum absolute atomic E-state index is 0.122. The van der Waals surface area contributed by atoms with Crippen molar-refractivity contribution in [1.82, 2.24) is 0 Å². The summed E-state index contributed by atoms with van der Waals surface area (Å²) in [5.74, 6) is -0.725. The first-order valence-corrected chi connectivity index (χ1v) is 6.33. The van der Waals surface area contributed by atoms with Gasteiger partial charge in [0.15, 0.2) is 17.3 Å². The highest BCUT2D eigenvalue weighted by molar-refractivity contribution is 6.03. The van der Waals surface area contributed by atoms with Crippen LogP contribution in [-0.2, 0) is 4.79 Å². The number of fused-ring (bicyclic) bond motifs is 1. The molecular weight excluding hydrogens is 248 g/mol. The van der Waals surface area contributed by atoms with Crippen LogP contribution in [-0.4, -0.2) is 30.1 Å². The molecule has 1 aromatic rings. The molecule has 0 saturated heterocycles. The number of Topliss-reactive ketones (excluding diaryl/α,β-unsaturated/α-hetero) is 1. The summed E-state index contributed by atoms with van der Waals surface area (Å²) in [6.45, 7) is 1.16. The molecule has 0 spiro atoms. The Balaban J connectivity index is 1.80. The molecule has 0 bridgehead atoms. The Labute approximate surface area is 110 Å². The van der Waals surface area contributed by atoms with Crippen molar-refractivity contribution in [2.75, 3.05) is 13.2 Å². The molecule has 1 N–H and O–H groups in total. The number of carbonyl (C=O) groups is 2. The minimum atomic E-state index is -0.896. The number of hydrogen-bond donors (Lipinski definition) is 1. The van der Waals surface area contributed by atoms with Gasteiger partial charge in [0.1, 0.15) is 0 Å². The predicted octanol–water partition coefficient (Wildman–Crippen LogP) is 1.75. The number of ketones is 1. The number of rotatable bonds is 3. The summed E-state index contributed by atoms with van der Waals surface area (Å²) < 4.78 is 11.0. The van der Waals surface area contributed by atoms with E-state index in [0.717, 1.165) is 6.42 Å². The van der Waals surface area contributed by atoms with Gasteiger partial charge in [0.2, 0.25) is 0 Å². The van der Waals surface area contributed by atoms with E-state index in [2.05, 4.69) is 0 Å². The number of carboxylic acid groups (broad SMARTS) is 1. The summed E-state index contributed by atoms with van der Waals surface area (Å²) >= 11 is 0. The lowest BCUT2D eigenvalue weighted by Gasteiger charge is -2.08. The fourth-order valence-electron chi connectivity index (χ4n) is 2.29. The van der Waals surface area contributed by atoms with Crippen LogP contribution >= 0.6 is 0 Å². The van der Waals surface area contributed by atoms with E-state index in [1.165, 1.54) is 0 Å². The largest absolute Gasteiger partial charge is 0.490 e. The van der Waals surface area contributed by atoms with Gasteiger partial charge in [-0.15, -0.1) is 0 Å². The molecule has 1 saturated carbocycles. The minimum Gasteiger partial charge on any atom is -0.490 e. The van der Waals surface area contributed by atoms with Crippen molar-refractivity contribution in [3.05, 3.63) is 23.8 Å². The Hall–Kier alpha value is -2.04. The fraction of sp³-hybridized carbons (Fsp3) is 0.429. The molecule has 5 heteroatoms. The van der Waals surface area contributed by atoms with E-state index < -0.39 is 11.9 Å². The third-order valence-corrected chi connectivity index (χ3v) is 3.48. The van der Waals surface area contributed by atoms with Crippen LogP contribution in [0.5, 0.6) is 11.5 Å². The molecule has 1 heterocycles. The molecule has 1 aromatic carbocycles. The van der Waals surface area contributed by atoms with Crippen LogP contribution < -0.4 is 9.47 Å². The Morgan fingerprint density at radius 1 is 1.11 bits per heavy atom. The van der Waals surface area contributed by atoms with Gasteiger partial charge in [-0.25, -0.2) is 0 Å². The van der Waals surface area contributed by atoms with Gasteiger partial charge in [-0.2, -0.15) is 0 Å². The molecule has 2 unspecified atom stereocenters. The summed E-state index contributed by atoms with van der Waals surface area (Å²) in [7, 11) is 0. The predicted molar refractivity (Wildman–Crippen MR) is 65.6 cm³/mol. The zero-order valence-corrected chi connectivity index (χ0v) is 10.3. The van der Waals surface area contributed by atoms with Crippen molar-refractivity contribution in [3.63, 3.8) is 0 Å². The lowest BCUT2D eigenvalue weighted by atomic mass is 10.1. The fourth-order valence-corrected chi connectivity index (χ4v) is 2.29. The molecule has 19 heavy (non-hydrogen) atoms. The van der Waals surface area contributed by atoms with E-state index >= 15 is 0 Å². The Bertz CT molecular complexity index is 537. The lowest BCUT2D eigenvalue weighted by Crippen LogP contribution is -2.08. The summed E-state index contributed by atoms with van der Waals surface area (Å²) in [5, 5.41) is 8.85. The van der Waals surface area contributed by atoms with Crippen molar-refractivity contribution >= 4 is 11.8 Å². The number of carboxylic acids is 1. The number of ether oxygens (including phenoxy) is 2. The van der Waals surface area contributed by atoms with E-state index in [0.29, 0.717) is 36.7 Å². The third kappa shape index (κ3) is 2.28. The van der Waals surface area contributed by atoms with Crippen LogP contribution in [0, 0.1) is 11.8 Å². The molecule has 0 aromatic heterocycles. The van der Waals surface area contributed by atoms with Gasteiger partial charge in [0.25, 0.3) is 0 Å². The first-order chi connectivity index (χ1) is 9.16. The average molecular weight is 262 g/mol. The zero-order valence-electron chi connectivity index (χ0n) is 10.3. The van der Waals surface area contributed by atoms with Gasteiger partial charge in [-0.3, -0.25) is 9.59 Å². The second-order valence-corrected chi connectivity index (χ2v) is 4.86. The Kier molecular flexibility index (Phi) is 2.89. The summed E-state index contributed by atoms with van der Waals surface area (Å²) in [6, 6.07) is 5.04. The summed E-state index contributed by atoms with van der Waals surface area (Å²) in [4.78, 5) is 22.9. The Morgan fingerprint density at radius 3 is 2.53 bits per heavy atom. The molecule has 2 atom stereocenters.